The predicted octanol–water partition coefficient (Wildman–Crippen LogP) is 4.01. The summed E-state index contributed by atoms with van der Waals surface area (Å²) in [6.07, 6.45) is 12.5. The summed E-state index contributed by atoms with van der Waals surface area (Å²) in [7, 11) is 0. The Morgan fingerprint density at radius 2 is 1.53 bits per heavy atom. The van der Waals surface area contributed by atoms with Crippen molar-refractivity contribution < 1.29 is 0 Å². The summed E-state index contributed by atoms with van der Waals surface area (Å²) in [4.78, 5) is 0. The van der Waals surface area contributed by atoms with Gasteiger partial charge in [0.25, 0.3) is 0 Å². The van der Waals surface area contributed by atoms with Crippen LogP contribution in [0.2, 0.25) is 0 Å². The molecule has 0 amide bonds. The van der Waals surface area contributed by atoms with E-state index in [2.05, 4.69) is 12.2 Å². The zero-order chi connectivity index (χ0) is 11.0. The SMILES string of the molecule is CCNCCCC12CC3CC(CC(C3)C1)C2.Cl. The maximum atomic E-state index is 3.48. The van der Waals surface area contributed by atoms with Gasteiger partial charge < -0.3 is 5.32 Å². The number of hydrogen-bond donors (Lipinski definition) is 1. The van der Waals surface area contributed by atoms with Gasteiger partial charge in [-0.25, -0.2) is 0 Å². The van der Waals surface area contributed by atoms with Crippen molar-refractivity contribution >= 4 is 12.4 Å². The van der Waals surface area contributed by atoms with Crippen LogP contribution in [0, 0.1) is 23.2 Å². The third kappa shape index (κ3) is 2.81. The lowest BCUT2D eigenvalue weighted by atomic mass is 9.48. The first-order valence-electron chi connectivity index (χ1n) is 7.50. The molecule has 4 rings (SSSR count). The Kier molecular flexibility index (Phi) is 4.41. The Hall–Kier alpha value is 0.250. The molecule has 4 fully saturated rings. The molecule has 4 aliphatic carbocycles. The van der Waals surface area contributed by atoms with Crippen LogP contribution in [0.25, 0.3) is 0 Å². The number of nitrogens with one attached hydrogen (secondary N) is 1. The average molecular weight is 258 g/mol. The second-order valence-electron chi connectivity index (χ2n) is 6.87. The van der Waals surface area contributed by atoms with Crippen molar-refractivity contribution in [2.45, 2.75) is 58.3 Å². The Balaban J connectivity index is 0.00000108. The van der Waals surface area contributed by atoms with Crippen LogP contribution in [0.1, 0.15) is 58.3 Å². The summed E-state index contributed by atoms with van der Waals surface area (Å²) in [6.45, 7) is 4.60. The van der Waals surface area contributed by atoms with E-state index in [4.69, 9.17) is 0 Å². The van der Waals surface area contributed by atoms with Crippen LogP contribution in [-0.4, -0.2) is 13.1 Å². The van der Waals surface area contributed by atoms with Gasteiger partial charge in [0.2, 0.25) is 0 Å². The molecule has 0 aromatic carbocycles. The van der Waals surface area contributed by atoms with E-state index in [1.54, 1.807) is 38.5 Å². The maximum absolute atomic E-state index is 3.48. The highest BCUT2D eigenvalue weighted by atomic mass is 35.5. The smallest absolute Gasteiger partial charge is 0.00488 e. The molecule has 0 unspecified atom stereocenters. The van der Waals surface area contributed by atoms with Gasteiger partial charge >= 0.3 is 0 Å². The largest absolute Gasteiger partial charge is 0.317 e. The summed E-state index contributed by atoms with van der Waals surface area (Å²) >= 11 is 0. The van der Waals surface area contributed by atoms with Gasteiger partial charge in [0.1, 0.15) is 0 Å². The molecule has 0 aromatic heterocycles. The van der Waals surface area contributed by atoms with Gasteiger partial charge in [-0.3, -0.25) is 0 Å². The summed E-state index contributed by atoms with van der Waals surface area (Å²) < 4.78 is 0. The van der Waals surface area contributed by atoms with Gasteiger partial charge in [0, 0.05) is 0 Å². The van der Waals surface area contributed by atoms with E-state index in [0.29, 0.717) is 0 Å². The Bertz CT molecular complexity index is 216. The van der Waals surface area contributed by atoms with Gasteiger partial charge in [-0.05, 0) is 87.6 Å². The average Bonchev–Trinajstić information content (AvgIpc) is 2.22. The highest BCUT2D eigenvalue weighted by Crippen LogP contribution is 2.61. The van der Waals surface area contributed by atoms with Crippen LogP contribution in [-0.2, 0) is 0 Å². The summed E-state index contributed by atoms with van der Waals surface area (Å²) in [5.41, 5.74) is 0.810. The van der Waals surface area contributed by atoms with E-state index in [0.717, 1.165) is 29.7 Å². The van der Waals surface area contributed by atoms with Crippen molar-refractivity contribution in [1.29, 1.82) is 0 Å². The summed E-state index contributed by atoms with van der Waals surface area (Å²) in [6, 6.07) is 0. The molecule has 100 valence electrons. The maximum Gasteiger partial charge on any atom is -0.00488 e. The molecule has 4 bridgehead atoms. The van der Waals surface area contributed by atoms with Crippen molar-refractivity contribution in [1.82, 2.24) is 5.32 Å². The first-order chi connectivity index (χ1) is 7.80. The van der Waals surface area contributed by atoms with Gasteiger partial charge in [0.05, 0.1) is 0 Å². The van der Waals surface area contributed by atoms with Crippen molar-refractivity contribution in [3.63, 3.8) is 0 Å². The van der Waals surface area contributed by atoms with Crippen LogP contribution in [0.15, 0.2) is 0 Å². The van der Waals surface area contributed by atoms with Crippen LogP contribution in [0.5, 0.6) is 0 Å². The second-order valence-corrected chi connectivity index (χ2v) is 6.87. The second kappa shape index (κ2) is 5.48. The molecule has 4 aliphatic rings. The van der Waals surface area contributed by atoms with Crippen molar-refractivity contribution in [2.75, 3.05) is 13.1 Å². The van der Waals surface area contributed by atoms with Crippen LogP contribution in [0.4, 0.5) is 0 Å². The molecule has 1 nitrogen and oxygen atoms in total. The molecule has 0 saturated heterocycles. The number of rotatable bonds is 5. The lowest BCUT2D eigenvalue weighted by molar-refractivity contribution is -0.0579. The Labute approximate surface area is 113 Å². The molecule has 0 aromatic rings. The lowest BCUT2D eigenvalue weighted by Crippen LogP contribution is -2.46. The Morgan fingerprint density at radius 3 is 2.00 bits per heavy atom. The van der Waals surface area contributed by atoms with Gasteiger partial charge in [-0.15, -0.1) is 12.4 Å². The molecule has 0 heterocycles. The molecule has 1 N–H and O–H groups in total. The highest BCUT2D eigenvalue weighted by molar-refractivity contribution is 5.85. The minimum atomic E-state index is 0. The first-order valence-corrected chi connectivity index (χ1v) is 7.50. The molecular weight excluding hydrogens is 230 g/mol. The molecule has 2 heteroatoms. The van der Waals surface area contributed by atoms with Gasteiger partial charge in [0.15, 0.2) is 0 Å². The number of hydrogen-bond acceptors (Lipinski definition) is 1. The quantitative estimate of drug-likeness (QED) is 0.734. The van der Waals surface area contributed by atoms with Crippen LogP contribution < -0.4 is 5.32 Å². The lowest BCUT2D eigenvalue weighted by Gasteiger charge is -2.57. The minimum Gasteiger partial charge on any atom is -0.317 e. The van der Waals surface area contributed by atoms with E-state index in [1.165, 1.54) is 19.4 Å². The molecule has 0 aliphatic heterocycles. The fourth-order valence-corrected chi connectivity index (χ4v) is 5.36. The monoisotopic (exact) mass is 257 g/mol. The Morgan fingerprint density at radius 1 is 1.00 bits per heavy atom. The van der Waals surface area contributed by atoms with Crippen LogP contribution >= 0.6 is 12.4 Å². The minimum absolute atomic E-state index is 0. The van der Waals surface area contributed by atoms with Gasteiger partial charge in [-0.2, -0.15) is 0 Å². The summed E-state index contributed by atoms with van der Waals surface area (Å²) in [5.74, 6) is 3.39. The molecule has 0 spiro atoms. The van der Waals surface area contributed by atoms with E-state index >= 15 is 0 Å². The van der Waals surface area contributed by atoms with E-state index in [9.17, 15) is 0 Å². The van der Waals surface area contributed by atoms with Crippen molar-refractivity contribution in [3.8, 4) is 0 Å². The third-order valence-corrected chi connectivity index (χ3v) is 5.48. The standard InChI is InChI=1S/C15H27N.ClH/c1-2-16-5-3-4-15-9-12-6-13(10-15)8-14(7-12)11-15;/h12-14,16H,2-11H2,1H3;1H. The topological polar surface area (TPSA) is 12.0 Å². The fourth-order valence-electron chi connectivity index (χ4n) is 5.36. The zero-order valence-electron chi connectivity index (χ0n) is 11.2. The number of halogens is 1. The highest BCUT2D eigenvalue weighted by Gasteiger charge is 2.50. The summed E-state index contributed by atoms with van der Waals surface area (Å²) in [5, 5.41) is 3.48. The molecule has 0 atom stereocenters. The molecule has 17 heavy (non-hydrogen) atoms. The zero-order valence-corrected chi connectivity index (χ0v) is 12.0. The third-order valence-electron chi connectivity index (χ3n) is 5.48. The first kappa shape index (κ1) is 13.7. The van der Waals surface area contributed by atoms with E-state index < -0.39 is 0 Å². The fraction of sp³-hybridized carbons (Fsp3) is 1.00. The normalized spacial score (nSPS) is 42.5. The van der Waals surface area contributed by atoms with Crippen molar-refractivity contribution in [2.24, 2.45) is 23.2 Å². The van der Waals surface area contributed by atoms with Gasteiger partial charge in [-0.1, -0.05) is 6.92 Å². The van der Waals surface area contributed by atoms with E-state index in [1.807, 2.05) is 0 Å². The van der Waals surface area contributed by atoms with Crippen LogP contribution in [0.3, 0.4) is 0 Å². The molecule has 0 radical (unpaired) electrons. The predicted molar refractivity (Wildman–Crippen MR) is 75.6 cm³/mol. The van der Waals surface area contributed by atoms with E-state index in [-0.39, 0.29) is 12.4 Å². The molecular formula is C15H28ClN. The molecule has 4 saturated carbocycles. The van der Waals surface area contributed by atoms with Crippen molar-refractivity contribution in [3.05, 3.63) is 0 Å².